The quantitative estimate of drug-likeness (QED) is 0.696. The highest BCUT2D eigenvalue weighted by molar-refractivity contribution is 7.51. The molecule has 0 saturated carbocycles. The van der Waals surface area contributed by atoms with E-state index >= 15 is 0 Å². The number of nitrogens with two attached hydrogens (primary N) is 1. The molecule has 4 heteroatoms. The van der Waals surface area contributed by atoms with Crippen molar-refractivity contribution in [1.82, 2.24) is 0 Å². The molecule has 0 aliphatic heterocycles. The van der Waals surface area contributed by atoms with Crippen LogP contribution < -0.4 is 10.8 Å². The van der Waals surface area contributed by atoms with Gasteiger partial charge in [0.05, 0.1) is 0 Å². The molecule has 3 nitrogen and oxygen atoms in total. The van der Waals surface area contributed by atoms with Crippen molar-refractivity contribution < 1.29 is 9.36 Å². The zero-order valence-corrected chi connectivity index (χ0v) is 12.7. The molecule has 2 rings (SSSR count). The van der Waals surface area contributed by atoms with Gasteiger partial charge in [0.15, 0.2) is 5.78 Å². The Hall–Kier alpha value is -1.83. The molecule has 20 heavy (non-hydrogen) atoms. The van der Waals surface area contributed by atoms with Crippen LogP contribution in [0.5, 0.6) is 0 Å². The van der Waals surface area contributed by atoms with Crippen LogP contribution in [0.15, 0.2) is 36.4 Å². The minimum absolute atomic E-state index is 0.0568. The second kappa shape index (κ2) is 5.66. The lowest BCUT2D eigenvalue weighted by atomic mass is 9.93. The lowest BCUT2D eigenvalue weighted by Crippen LogP contribution is -2.18. The van der Waals surface area contributed by atoms with Crippen LogP contribution in [0.25, 0.3) is 0 Å². The predicted molar refractivity (Wildman–Crippen MR) is 82.0 cm³/mol. The van der Waals surface area contributed by atoms with E-state index in [-0.39, 0.29) is 5.78 Å². The molecule has 0 heterocycles. The fourth-order valence-corrected chi connectivity index (χ4v) is 3.45. The zero-order chi connectivity index (χ0) is 14.9. The first-order valence-corrected chi connectivity index (χ1v) is 7.69. The lowest BCUT2D eigenvalue weighted by Gasteiger charge is -2.10. The Morgan fingerprint density at radius 2 is 1.65 bits per heavy atom. The Balaban J connectivity index is 2.66. The van der Waals surface area contributed by atoms with E-state index in [1.807, 2.05) is 45.0 Å². The number of hydrogen-bond donors (Lipinski definition) is 1. The highest BCUT2D eigenvalue weighted by Crippen LogP contribution is 2.24. The normalized spacial score (nSPS) is 11.3. The molecule has 2 aromatic rings. The Morgan fingerprint density at radius 3 is 2.20 bits per heavy atom. The first kappa shape index (κ1) is 14.6. The molecule has 2 aromatic carbocycles. The average Bonchev–Trinajstić information content (AvgIpc) is 2.38. The third-order valence-corrected chi connectivity index (χ3v) is 4.54. The number of carbonyl (C=O) groups is 1. The van der Waals surface area contributed by atoms with Crippen LogP contribution in [0.1, 0.15) is 32.6 Å². The summed E-state index contributed by atoms with van der Waals surface area (Å²) in [5.41, 5.74) is 9.27. The van der Waals surface area contributed by atoms with E-state index in [2.05, 4.69) is 0 Å². The van der Waals surface area contributed by atoms with Gasteiger partial charge in [-0.1, -0.05) is 36.4 Å². The van der Waals surface area contributed by atoms with E-state index in [0.717, 1.165) is 16.7 Å². The summed E-state index contributed by atoms with van der Waals surface area (Å²) in [6, 6.07) is 11.0. The maximum Gasteiger partial charge on any atom is 0.469 e. The van der Waals surface area contributed by atoms with E-state index in [1.54, 1.807) is 12.1 Å². The summed E-state index contributed by atoms with van der Waals surface area (Å²) in [6.07, 6.45) is 0. The van der Waals surface area contributed by atoms with Crippen molar-refractivity contribution in [3.05, 3.63) is 64.2 Å². The molecular formula is C16H17NO2P+. The number of benzene rings is 2. The minimum Gasteiger partial charge on any atom is -0.289 e. The van der Waals surface area contributed by atoms with E-state index in [4.69, 9.17) is 5.50 Å². The highest BCUT2D eigenvalue weighted by atomic mass is 31.1. The van der Waals surface area contributed by atoms with Gasteiger partial charge >= 0.3 is 7.95 Å². The first-order chi connectivity index (χ1) is 9.43. The smallest absolute Gasteiger partial charge is 0.289 e. The summed E-state index contributed by atoms with van der Waals surface area (Å²) >= 11 is 0. The summed E-state index contributed by atoms with van der Waals surface area (Å²) < 4.78 is 11.7. The minimum atomic E-state index is -1.96. The van der Waals surface area contributed by atoms with Crippen LogP contribution in [-0.4, -0.2) is 5.78 Å². The van der Waals surface area contributed by atoms with Crippen LogP contribution in [0.4, 0.5) is 0 Å². The molecule has 0 aromatic heterocycles. The van der Waals surface area contributed by atoms with Gasteiger partial charge in [0.25, 0.3) is 0 Å². The van der Waals surface area contributed by atoms with Gasteiger partial charge in [-0.2, -0.15) is 0 Å². The SMILES string of the molecule is Cc1cc(C)c([P+](N)=O)c(C)c1C(=O)c1ccccc1. The summed E-state index contributed by atoms with van der Waals surface area (Å²) in [7, 11) is -1.96. The van der Waals surface area contributed by atoms with Crippen LogP contribution in [0.2, 0.25) is 0 Å². The standard InChI is InChI=1S/C16H17NO2P/c1-10-9-11(2)16(20(17)19)12(3)14(10)15(18)13-7-5-4-6-8-13/h4-9H,1-3H3,(H2,17,19)/q+1. The fraction of sp³-hybridized carbons (Fsp3) is 0.188. The van der Waals surface area contributed by atoms with E-state index in [9.17, 15) is 9.36 Å². The molecule has 102 valence electrons. The molecule has 1 unspecified atom stereocenters. The molecule has 2 N–H and O–H groups in total. The molecular weight excluding hydrogens is 269 g/mol. The third-order valence-electron chi connectivity index (χ3n) is 3.41. The van der Waals surface area contributed by atoms with E-state index in [1.165, 1.54) is 0 Å². The summed E-state index contributed by atoms with van der Waals surface area (Å²) in [5, 5.41) is 0.588. The predicted octanol–water partition coefficient (Wildman–Crippen LogP) is 3.17. The molecule has 1 atom stereocenters. The summed E-state index contributed by atoms with van der Waals surface area (Å²) in [6.45, 7) is 5.57. The average molecular weight is 286 g/mol. The fourth-order valence-electron chi connectivity index (χ4n) is 2.60. The third kappa shape index (κ3) is 2.55. The molecule has 0 bridgehead atoms. The maximum absolute atomic E-state index is 12.6. The molecule has 0 aliphatic rings. The van der Waals surface area contributed by atoms with Crippen molar-refractivity contribution in [1.29, 1.82) is 0 Å². The topological polar surface area (TPSA) is 60.2 Å². The maximum atomic E-state index is 12.6. The van der Waals surface area contributed by atoms with Crippen LogP contribution >= 0.6 is 7.95 Å². The molecule has 0 aliphatic carbocycles. The Bertz CT molecular complexity index is 693. The van der Waals surface area contributed by atoms with Gasteiger partial charge in [0, 0.05) is 22.3 Å². The van der Waals surface area contributed by atoms with Gasteiger partial charge in [-0.3, -0.25) is 4.79 Å². The zero-order valence-electron chi connectivity index (χ0n) is 11.8. The monoisotopic (exact) mass is 286 g/mol. The van der Waals surface area contributed by atoms with E-state index < -0.39 is 7.95 Å². The van der Waals surface area contributed by atoms with Crippen molar-refractivity contribution in [3.63, 3.8) is 0 Å². The van der Waals surface area contributed by atoms with Crippen molar-refractivity contribution in [2.75, 3.05) is 0 Å². The largest absolute Gasteiger partial charge is 0.469 e. The number of carbonyl (C=O) groups excluding carboxylic acids is 1. The second-order valence-electron chi connectivity index (χ2n) is 4.88. The number of ketones is 1. The number of aryl methyl sites for hydroxylation is 2. The van der Waals surface area contributed by atoms with Crippen molar-refractivity contribution in [2.45, 2.75) is 20.8 Å². The van der Waals surface area contributed by atoms with Crippen molar-refractivity contribution >= 4 is 19.0 Å². The summed E-state index contributed by atoms with van der Waals surface area (Å²) in [4.78, 5) is 12.6. The number of hydrogen-bond acceptors (Lipinski definition) is 2. The Kier molecular flexibility index (Phi) is 4.12. The lowest BCUT2D eigenvalue weighted by molar-refractivity contribution is 0.103. The van der Waals surface area contributed by atoms with Crippen molar-refractivity contribution in [3.8, 4) is 0 Å². The van der Waals surface area contributed by atoms with Crippen LogP contribution in [0.3, 0.4) is 0 Å². The van der Waals surface area contributed by atoms with Crippen LogP contribution in [0, 0.1) is 20.8 Å². The van der Waals surface area contributed by atoms with Gasteiger partial charge < -0.3 is 0 Å². The summed E-state index contributed by atoms with van der Waals surface area (Å²) in [5.74, 6) is -0.0568. The Morgan fingerprint density at radius 1 is 1.05 bits per heavy atom. The van der Waals surface area contributed by atoms with Crippen LogP contribution in [-0.2, 0) is 4.57 Å². The molecule has 0 saturated heterocycles. The van der Waals surface area contributed by atoms with Gasteiger partial charge in [0.1, 0.15) is 0 Å². The first-order valence-electron chi connectivity index (χ1n) is 6.36. The molecule has 0 radical (unpaired) electrons. The van der Waals surface area contributed by atoms with Crippen molar-refractivity contribution in [2.24, 2.45) is 5.50 Å². The second-order valence-corrected chi connectivity index (χ2v) is 5.98. The number of rotatable bonds is 3. The Labute approximate surface area is 119 Å². The van der Waals surface area contributed by atoms with Gasteiger partial charge in [0.2, 0.25) is 5.30 Å². The van der Waals surface area contributed by atoms with E-state index in [0.29, 0.717) is 16.4 Å². The highest BCUT2D eigenvalue weighted by Gasteiger charge is 2.27. The van der Waals surface area contributed by atoms with Gasteiger partial charge in [-0.25, -0.2) is 0 Å². The van der Waals surface area contributed by atoms with Gasteiger partial charge in [-0.05, 0) is 30.9 Å². The van der Waals surface area contributed by atoms with Gasteiger partial charge in [-0.15, -0.1) is 5.50 Å². The molecule has 0 spiro atoms. The molecule has 0 amide bonds. The molecule has 0 fully saturated rings.